The highest BCUT2D eigenvalue weighted by Crippen LogP contribution is 2.35. The van der Waals surface area contributed by atoms with E-state index in [9.17, 15) is 9.59 Å². The van der Waals surface area contributed by atoms with Crippen LogP contribution in [-0.4, -0.2) is 31.6 Å². The second-order valence-corrected chi connectivity index (χ2v) is 7.41. The van der Waals surface area contributed by atoms with Crippen LogP contribution in [0.4, 0.5) is 5.69 Å². The molecule has 0 radical (unpaired) electrons. The van der Waals surface area contributed by atoms with Crippen molar-refractivity contribution in [1.82, 2.24) is 25.1 Å². The number of aryl methyl sites for hydroxylation is 1. The molecule has 1 saturated carbocycles. The minimum absolute atomic E-state index is 0.171. The predicted octanol–water partition coefficient (Wildman–Crippen LogP) is 2.30. The van der Waals surface area contributed by atoms with Gasteiger partial charge in [-0.2, -0.15) is 0 Å². The molecule has 0 bridgehead atoms. The van der Waals surface area contributed by atoms with Gasteiger partial charge in [0.15, 0.2) is 5.82 Å². The van der Waals surface area contributed by atoms with Gasteiger partial charge in [0.1, 0.15) is 6.33 Å². The van der Waals surface area contributed by atoms with E-state index >= 15 is 0 Å². The molecule has 0 spiro atoms. The fraction of sp³-hybridized carbons (Fsp3) is 0.278. The third kappa shape index (κ3) is 4.03. The zero-order valence-corrected chi connectivity index (χ0v) is 15.5. The predicted molar refractivity (Wildman–Crippen MR) is 101 cm³/mol. The Hall–Kier alpha value is -3.07. The molecular formula is C18H18N6O2S. The van der Waals surface area contributed by atoms with Gasteiger partial charge in [0, 0.05) is 22.7 Å². The van der Waals surface area contributed by atoms with Gasteiger partial charge in [-0.25, -0.2) is 4.98 Å². The average molecular weight is 382 g/mol. The summed E-state index contributed by atoms with van der Waals surface area (Å²) in [6.45, 7) is 2.12. The monoisotopic (exact) mass is 382 g/mol. The van der Waals surface area contributed by atoms with Crippen LogP contribution in [0.3, 0.4) is 0 Å². The quantitative estimate of drug-likeness (QED) is 0.659. The molecule has 1 aliphatic carbocycles. The average Bonchev–Trinajstić information content (AvgIpc) is 3.25. The van der Waals surface area contributed by atoms with E-state index in [0.29, 0.717) is 17.6 Å². The van der Waals surface area contributed by atoms with Gasteiger partial charge in [0.2, 0.25) is 0 Å². The fourth-order valence-corrected chi connectivity index (χ4v) is 3.32. The first-order valence-electron chi connectivity index (χ1n) is 8.60. The van der Waals surface area contributed by atoms with E-state index in [1.807, 2.05) is 29.0 Å². The smallest absolute Gasteiger partial charge is 0.313 e. The van der Waals surface area contributed by atoms with E-state index in [1.165, 1.54) is 0 Å². The van der Waals surface area contributed by atoms with Gasteiger partial charge < -0.3 is 15.2 Å². The van der Waals surface area contributed by atoms with Crippen LogP contribution in [0.15, 0.2) is 36.0 Å². The number of carbonyl (C=O) groups is 2. The zero-order chi connectivity index (χ0) is 18.8. The molecule has 1 aromatic carbocycles. The Morgan fingerprint density at radius 2 is 2.00 bits per heavy atom. The zero-order valence-electron chi connectivity index (χ0n) is 14.7. The molecule has 8 nitrogen and oxygen atoms in total. The van der Waals surface area contributed by atoms with E-state index < -0.39 is 11.8 Å². The lowest BCUT2D eigenvalue weighted by Crippen LogP contribution is -2.35. The Labute approximate surface area is 159 Å². The maximum Gasteiger partial charge on any atom is 0.313 e. The van der Waals surface area contributed by atoms with Crippen LogP contribution < -0.4 is 10.6 Å². The summed E-state index contributed by atoms with van der Waals surface area (Å²) >= 11 is 1.58. The van der Waals surface area contributed by atoms with Crippen molar-refractivity contribution in [3.8, 4) is 11.3 Å². The van der Waals surface area contributed by atoms with Crippen LogP contribution in [0.5, 0.6) is 0 Å². The van der Waals surface area contributed by atoms with Gasteiger partial charge in [-0.15, -0.1) is 21.5 Å². The summed E-state index contributed by atoms with van der Waals surface area (Å²) in [7, 11) is 0. The lowest BCUT2D eigenvalue weighted by Gasteiger charge is -2.08. The Morgan fingerprint density at radius 1 is 1.22 bits per heavy atom. The highest BCUT2D eigenvalue weighted by Gasteiger charge is 2.26. The third-order valence-electron chi connectivity index (χ3n) is 4.26. The van der Waals surface area contributed by atoms with Crippen LogP contribution in [0, 0.1) is 6.92 Å². The van der Waals surface area contributed by atoms with Gasteiger partial charge >= 0.3 is 11.8 Å². The standard InChI is InChI=1S/C18H18N6O2S/c1-11-21-15(9-27-11)12-2-4-13(5-3-12)22-18(26)17(25)19-8-16-23-20-10-24(16)14-6-7-14/h2-5,9-10,14H,6-8H2,1H3,(H,19,25)(H,22,26). The number of hydrogen-bond donors (Lipinski definition) is 2. The minimum atomic E-state index is -0.718. The summed E-state index contributed by atoms with van der Waals surface area (Å²) in [6, 6.07) is 7.64. The van der Waals surface area contributed by atoms with Crippen molar-refractivity contribution < 1.29 is 9.59 Å². The summed E-state index contributed by atoms with van der Waals surface area (Å²) in [4.78, 5) is 28.6. The largest absolute Gasteiger partial charge is 0.341 e. The second-order valence-electron chi connectivity index (χ2n) is 6.35. The van der Waals surface area contributed by atoms with Crippen molar-refractivity contribution in [1.29, 1.82) is 0 Å². The first-order valence-corrected chi connectivity index (χ1v) is 9.48. The topological polar surface area (TPSA) is 102 Å². The van der Waals surface area contributed by atoms with E-state index in [2.05, 4.69) is 25.8 Å². The summed E-state index contributed by atoms with van der Waals surface area (Å²) in [5.41, 5.74) is 2.40. The van der Waals surface area contributed by atoms with Gasteiger partial charge in [-0.05, 0) is 31.9 Å². The molecule has 0 saturated heterocycles. The summed E-state index contributed by atoms with van der Waals surface area (Å²) in [5.74, 6) is -0.772. The first kappa shape index (κ1) is 17.3. The van der Waals surface area contributed by atoms with Crippen LogP contribution in [0.25, 0.3) is 11.3 Å². The van der Waals surface area contributed by atoms with Crippen LogP contribution >= 0.6 is 11.3 Å². The van der Waals surface area contributed by atoms with E-state index in [0.717, 1.165) is 29.1 Å². The van der Waals surface area contributed by atoms with Crippen molar-refractivity contribution in [2.45, 2.75) is 32.4 Å². The highest BCUT2D eigenvalue weighted by atomic mass is 32.1. The van der Waals surface area contributed by atoms with Crippen molar-refractivity contribution in [2.75, 3.05) is 5.32 Å². The Bertz CT molecular complexity index is 974. The fourth-order valence-electron chi connectivity index (χ4n) is 2.70. The normalized spacial score (nSPS) is 13.4. The maximum absolute atomic E-state index is 12.1. The second kappa shape index (κ2) is 7.28. The molecule has 0 atom stereocenters. The molecule has 2 amide bonds. The van der Waals surface area contributed by atoms with E-state index in [-0.39, 0.29) is 6.54 Å². The summed E-state index contributed by atoms with van der Waals surface area (Å²) < 4.78 is 1.94. The molecule has 27 heavy (non-hydrogen) atoms. The summed E-state index contributed by atoms with van der Waals surface area (Å²) in [5, 5.41) is 16.0. The van der Waals surface area contributed by atoms with Crippen LogP contribution in [-0.2, 0) is 16.1 Å². The minimum Gasteiger partial charge on any atom is -0.341 e. The van der Waals surface area contributed by atoms with Crippen molar-refractivity contribution >= 4 is 28.8 Å². The first-order chi connectivity index (χ1) is 13.1. The molecule has 2 aromatic heterocycles. The van der Waals surface area contributed by atoms with Gasteiger partial charge in [0.05, 0.1) is 17.2 Å². The molecule has 138 valence electrons. The molecule has 0 unspecified atom stereocenters. The number of rotatable bonds is 5. The number of nitrogens with zero attached hydrogens (tertiary/aromatic N) is 4. The SMILES string of the molecule is Cc1nc(-c2ccc(NC(=O)C(=O)NCc3nncn3C3CC3)cc2)cs1. The molecular weight excluding hydrogens is 364 g/mol. The third-order valence-corrected chi connectivity index (χ3v) is 5.03. The number of carbonyl (C=O) groups excluding carboxylic acids is 2. The molecule has 3 aromatic rings. The molecule has 9 heteroatoms. The lowest BCUT2D eigenvalue weighted by molar-refractivity contribution is -0.136. The number of benzene rings is 1. The number of anilines is 1. The maximum atomic E-state index is 12.1. The van der Waals surface area contributed by atoms with Crippen molar-refractivity contribution in [2.24, 2.45) is 0 Å². The molecule has 1 fully saturated rings. The summed E-state index contributed by atoms with van der Waals surface area (Å²) in [6.07, 6.45) is 3.84. The van der Waals surface area contributed by atoms with Crippen LogP contribution in [0.1, 0.15) is 29.7 Å². The molecule has 1 aliphatic rings. The van der Waals surface area contributed by atoms with Gasteiger partial charge in [0.25, 0.3) is 0 Å². The molecule has 2 heterocycles. The lowest BCUT2D eigenvalue weighted by atomic mass is 10.1. The van der Waals surface area contributed by atoms with Crippen molar-refractivity contribution in [3.05, 3.63) is 46.8 Å². The number of thiazole rings is 1. The van der Waals surface area contributed by atoms with E-state index in [4.69, 9.17) is 0 Å². The Morgan fingerprint density at radius 3 is 2.67 bits per heavy atom. The Balaban J connectivity index is 1.32. The molecule has 2 N–H and O–H groups in total. The highest BCUT2D eigenvalue weighted by molar-refractivity contribution is 7.09. The number of hydrogen-bond acceptors (Lipinski definition) is 6. The number of nitrogens with one attached hydrogen (secondary N) is 2. The van der Waals surface area contributed by atoms with Gasteiger partial charge in [-0.3, -0.25) is 9.59 Å². The number of aromatic nitrogens is 4. The molecule has 0 aliphatic heterocycles. The van der Waals surface area contributed by atoms with Crippen LogP contribution in [0.2, 0.25) is 0 Å². The van der Waals surface area contributed by atoms with Gasteiger partial charge in [-0.1, -0.05) is 12.1 Å². The van der Waals surface area contributed by atoms with E-state index in [1.54, 1.807) is 29.8 Å². The number of amides is 2. The Kier molecular flexibility index (Phi) is 4.68. The molecule has 4 rings (SSSR count). The van der Waals surface area contributed by atoms with Crippen molar-refractivity contribution in [3.63, 3.8) is 0 Å².